The number of halogens is 1. The predicted octanol–water partition coefficient (Wildman–Crippen LogP) is 4.43. The zero-order valence-electron chi connectivity index (χ0n) is 14.8. The summed E-state index contributed by atoms with van der Waals surface area (Å²) < 4.78 is 0. The summed E-state index contributed by atoms with van der Waals surface area (Å²) in [4.78, 5) is 13.6. The highest BCUT2D eigenvalue weighted by molar-refractivity contribution is 6.30. The lowest BCUT2D eigenvalue weighted by molar-refractivity contribution is 0.653. The minimum absolute atomic E-state index is 0.759. The summed E-state index contributed by atoms with van der Waals surface area (Å²) in [5, 5.41) is 0.759. The molecule has 4 rings (SSSR count). The zero-order valence-corrected chi connectivity index (χ0v) is 15.5. The number of pyridine rings is 2. The maximum Gasteiger partial charge on any atom is 0.0937 e. The third-order valence-corrected chi connectivity index (χ3v) is 5.11. The minimum Gasteiger partial charge on any atom is -0.368 e. The largest absolute Gasteiger partial charge is 0.368 e. The van der Waals surface area contributed by atoms with E-state index in [2.05, 4.69) is 51.0 Å². The molecule has 2 aromatic heterocycles. The summed E-state index contributed by atoms with van der Waals surface area (Å²) in [5.74, 6) is 0. The van der Waals surface area contributed by atoms with Crippen LogP contribution in [0, 0.1) is 6.92 Å². The van der Waals surface area contributed by atoms with E-state index in [1.165, 1.54) is 11.4 Å². The number of aromatic nitrogens is 2. The topological polar surface area (TPSA) is 32.3 Å². The fourth-order valence-electron chi connectivity index (χ4n) is 3.51. The molecule has 1 aromatic carbocycles. The van der Waals surface area contributed by atoms with Crippen LogP contribution in [-0.2, 0) is 0 Å². The van der Waals surface area contributed by atoms with Gasteiger partial charge in [0.05, 0.1) is 11.4 Å². The van der Waals surface area contributed by atoms with Crippen molar-refractivity contribution < 1.29 is 0 Å². The van der Waals surface area contributed by atoms with E-state index in [4.69, 9.17) is 11.6 Å². The van der Waals surface area contributed by atoms with Crippen molar-refractivity contribution in [1.82, 2.24) is 9.97 Å². The third-order valence-electron chi connectivity index (χ3n) is 4.88. The first-order chi connectivity index (χ1) is 12.7. The first-order valence-corrected chi connectivity index (χ1v) is 9.21. The Morgan fingerprint density at radius 1 is 0.885 bits per heavy atom. The molecule has 3 aromatic rings. The standard InChI is InChI=1S/C21H21ClN4/c1-16-15-17(22)4-5-19(16)21-20(3-2-8-24-21)26-13-11-25(12-14-26)18-6-9-23-10-7-18/h2-10,15H,11-14H2,1H3. The minimum atomic E-state index is 0.759. The van der Waals surface area contributed by atoms with E-state index in [9.17, 15) is 0 Å². The van der Waals surface area contributed by atoms with Gasteiger partial charge in [0, 0.05) is 61.0 Å². The molecule has 1 saturated heterocycles. The molecule has 0 bridgehead atoms. The molecule has 132 valence electrons. The van der Waals surface area contributed by atoms with Gasteiger partial charge in [-0.05, 0) is 48.9 Å². The van der Waals surface area contributed by atoms with E-state index in [0.717, 1.165) is 48.0 Å². The highest BCUT2D eigenvalue weighted by atomic mass is 35.5. The van der Waals surface area contributed by atoms with Crippen LogP contribution < -0.4 is 9.80 Å². The highest BCUT2D eigenvalue weighted by Gasteiger charge is 2.21. The lowest BCUT2D eigenvalue weighted by Gasteiger charge is -2.38. The first kappa shape index (κ1) is 16.9. The van der Waals surface area contributed by atoms with Crippen LogP contribution >= 0.6 is 11.6 Å². The van der Waals surface area contributed by atoms with Crippen molar-refractivity contribution in [2.75, 3.05) is 36.0 Å². The molecule has 4 nitrogen and oxygen atoms in total. The second-order valence-electron chi connectivity index (χ2n) is 6.51. The molecular formula is C21H21ClN4. The number of aryl methyl sites for hydroxylation is 1. The summed E-state index contributed by atoms with van der Waals surface area (Å²) in [6.45, 7) is 5.98. The van der Waals surface area contributed by atoms with Crippen LogP contribution in [0.2, 0.25) is 5.02 Å². The number of benzene rings is 1. The molecule has 1 aliphatic rings. The number of hydrogen-bond acceptors (Lipinski definition) is 4. The van der Waals surface area contributed by atoms with Crippen molar-refractivity contribution in [2.45, 2.75) is 6.92 Å². The molecule has 0 N–H and O–H groups in total. The van der Waals surface area contributed by atoms with Gasteiger partial charge in [0.1, 0.15) is 0 Å². The van der Waals surface area contributed by atoms with Gasteiger partial charge in [0.15, 0.2) is 0 Å². The molecular weight excluding hydrogens is 344 g/mol. The Kier molecular flexibility index (Phi) is 4.76. The second-order valence-corrected chi connectivity index (χ2v) is 6.95. The zero-order chi connectivity index (χ0) is 17.9. The summed E-state index contributed by atoms with van der Waals surface area (Å²) in [7, 11) is 0. The Hall–Kier alpha value is -2.59. The van der Waals surface area contributed by atoms with Gasteiger partial charge in [-0.3, -0.25) is 9.97 Å². The van der Waals surface area contributed by atoms with Gasteiger partial charge < -0.3 is 9.80 Å². The van der Waals surface area contributed by atoms with Crippen molar-refractivity contribution in [2.24, 2.45) is 0 Å². The van der Waals surface area contributed by atoms with Gasteiger partial charge in [0.25, 0.3) is 0 Å². The van der Waals surface area contributed by atoms with Gasteiger partial charge in [-0.2, -0.15) is 0 Å². The molecule has 3 heterocycles. The van der Waals surface area contributed by atoms with Gasteiger partial charge in [-0.25, -0.2) is 0 Å². The number of piperazine rings is 1. The van der Waals surface area contributed by atoms with Crippen LogP contribution in [0.25, 0.3) is 11.3 Å². The summed E-state index contributed by atoms with van der Waals surface area (Å²) in [6.07, 6.45) is 5.56. The highest BCUT2D eigenvalue weighted by Crippen LogP contribution is 2.33. The van der Waals surface area contributed by atoms with E-state index in [1.807, 2.05) is 36.8 Å². The lowest BCUT2D eigenvalue weighted by Crippen LogP contribution is -2.46. The molecule has 0 spiro atoms. The fraction of sp³-hybridized carbons (Fsp3) is 0.238. The van der Waals surface area contributed by atoms with Crippen LogP contribution in [0.3, 0.4) is 0 Å². The predicted molar refractivity (Wildman–Crippen MR) is 108 cm³/mol. The summed E-state index contributed by atoms with van der Waals surface area (Å²) in [6, 6.07) is 14.3. The molecule has 0 radical (unpaired) electrons. The Morgan fingerprint density at radius 3 is 2.35 bits per heavy atom. The Bertz CT molecular complexity index is 890. The maximum absolute atomic E-state index is 6.13. The van der Waals surface area contributed by atoms with Crippen molar-refractivity contribution in [1.29, 1.82) is 0 Å². The van der Waals surface area contributed by atoms with E-state index in [0.29, 0.717) is 0 Å². The fourth-order valence-corrected chi connectivity index (χ4v) is 3.74. The van der Waals surface area contributed by atoms with E-state index >= 15 is 0 Å². The van der Waals surface area contributed by atoms with Crippen LogP contribution in [0.5, 0.6) is 0 Å². The van der Waals surface area contributed by atoms with Crippen LogP contribution in [0.1, 0.15) is 5.56 Å². The van der Waals surface area contributed by atoms with Gasteiger partial charge in [-0.15, -0.1) is 0 Å². The lowest BCUT2D eigenvalue weighted by atomic mass is 10.0. The van der Waals surface area contributed by atoms with Gasteiger partial charge in [-0.1, -0.05) is 17.7 Å². The molecule has 5 heteroatoms. The average Bonchev–Trinajstić information content (AvgIpc) is 2.69. The first-order valence-electron chi connectivity index (χ1n) is 8.84. The smallest absolute Gasteiger partial charge is 0.0937 e. The second kappa shape index (κ2) is 7.34. The van der Waals surface area contributed by atoms with Crippen LogP contribution in [0.15, 0.2) is 61.1 Å². The summed E-state index contributed by atoms with van der Waals surface area (Å²) >= 11 is 6.13. The number of hydrogen-bond donors (Lipinski definition) is 0. The molecule has 0 saturated carbocycles. The molecule has 1 fully saturated rings. The van der Waals surface area contributed by atoms with Gasteiger partial charge >= 0.3 is 0 Å². The maximum atomic E-state index is 6.13. The summed E-state index contributed by atoms with van der Waals surface area (Å²) in [5.41, 5.74) is 5.74. The molecule has 0 amide bonds. The van der Waals surface area contributed by atoms with Gasteiger partial charge in [0.2, 0.25) is 0 Å². The third kappa shape index (κ3) is 3.37. The van der Waals surface area contributed by atoms with Crippen molar-refractivity contribution in [3.63, 3.8) is 0 Å². The van der Waals surface area contributed by atoms with E-state index in [-0.39, 0.29) is 0 Å². The SMILES string of the molecule is Cc1cc(Cl)ccc1-c1ncccc1N1CCN(c2ccncc2)CC1. The molecule has 26 heavy (non-hydrogen) atoms. The normalized spacial score (nSPS) is 14.5. The van der Waals surface area contributed by atoms with Crippen molar-refractivity contribution >= 4 is 23.0 Å². The van der Waals surface area contributed by atoms with Crippen LogP contribution in [-0.4, -0.2) is 36.1 Å². The van der Waals surface area contributed by atoms with E-state index in [1.54, 1.807) is 0 Å². The molecule has 0 unspecified atom stereocenters. The van der Waals surface area contributed by atoms with Crippen molar-refractivity contribution in [3.8, 4) is 11.3 Å². The monoisotopic (exact) mass is 364 g/mol. The van der Waals surface area contributed by atoms with Crippen molar-refractivity contribution in [3.05, 3.63) is 71.6 Å². The molecule has 0 atom stereocenters. The van der Waals surface area contributed by atoms with E-state index < -0.39 is 0 Å². The number of rotatable bonds is 3. The Labute approximate surface area is 159 Å². The average molecular weight is 365 g/mol. The Balaban J connectivity index is 1.58. The quantitative estimate of drug-likeness (QED) is 0.688. The molecule has 0 aliphatic carbocycles. The van der Waals surface area contributed by atoms with Crippen LogP contribution in [0.4, 0.5) is 11.4 Å². The molecule has 1 aliphatic heterocycles. The number of anilines is 2. The number of nitrogens with zero attached hydrogens (tertiary/aromatic N) is 4. The Morgan fingerprint density at radius 2 is 1.62 bits per heavy atom.